The molecular formula is C44H45N3O10. The van der Waals surface area contributed by atoms with Crippen molar-refractivity contribution in [2.45, 2.75) is 27.7 Å². The number of nitriles is 1. The quantitative estimate of drug-likeness (QED) is 0.112. The number of carboxylic acid groups (broad SMARTS) is 1. The first-order valence-electron chi connectivity index (χ1n) is 16.6. The topological polar surface area (TPSA) is 176 Å². The molecule has 6 aromatic rings. The number of aliphatic carboxylic acids is 1. The number of ketones is 2. The van der Waals surface area contributed by atoms with Crippen LogP contribution in [0, 0.1) is 11.3 Å². The lowest BCUT2D eigenvalue weighted by atomic mass is 9.98. The van der Waals surface area contributed by atoms with Gasteiger partial charge in [-0.05, 0) is 70.4 Å². The van der Waals surface area contributed by atoms with Gasteiger partial charge in [-0.15, -0.1) is 0 Å². The second-order valence-electron chi connectivity index (χ2n) is 11.8. The van der Waals surface area contributed by atoms with Crippen molar-refractivity contribution in [1.29, 1.82) is 5.26 Å². The zero-order chi connectivity index (χ0) is 39.6. The number of carbonyl (C=O) groups is 3. The summed E-state index contributed by atoms with van der Waals surface area (Å²) >= 11 is 0. The Morgan fingerprint density at radius 1 is 0.579 bits per heavy atom. The molecular weight excluding hydrogens is 730 g/mol. The zero-order valence-electron chi connectivity index (χ0n) is 31.0. The highest BCUT2D eigenvalue weighted by molar-refractivity contribution is 6.17. The number of rotatable bonds is 13. The molecule has 0 atom stereocenters. The Labute approximate surface area is 331 Å². The number of carbonyl (C=O) groups excluding carboxylic acids is 2. The zero-order valence-corrected chi connectivity index (χ0v) is 31.0. The van der Waals surface area contributed by atoms with Crippen molar-refractivity contribution in [2.24, 2.45) is 0 Å². The Morgan fingerprint density at radius 3 is 1.33 bits per heavy atom. The lowest BCUT2D eigenvalue weighted by Gasteiger charge is -2.14. The van der Waals surface area contributed by atoms with Crippen molar-refractivity contribution in [3.8, 4) is 40.6 Å². The van der Waals surface area contributed by atoms with E-state index in [0.717, 1.165) is 10.9 Å². The molecule has 0 aliphatic carbocycles. The van der Waals surface area contributed by atoms with Crippen LogP contribution in [0.25, 0.3) is 21.5 Å². The van der Waals surface area contributed by atoms with Crippen LogP contribution in [-0.2, 0) is 17.6 Å². The maximum atomic E-state index is 13.1. The molecule has 2 heterocycles. The first-order valence-corrected chi connectivity index (χ1v) is 16.6. The van der Waals surface area contributed by atoms with Crippen LogP contribution >= 0.6 is 0 Å². The van der Waals surface area contributed by atoms with Crippen LogP contribution in [0.5, 0.6) is 34.5 Å². The maximum Gasteiger partial charge on any atom is 0.307 e. The molecule has 13 nitrogen and oxygen atoms in total. The van der Waals surface area contributed by atoms with E-state index in [4.69, 9.17) is 33.7 Å². The number of nitrogens with zero attached hydrogens (tertiary/aromatic N) is 3. The summed E-state index contributed by atoms with van der Waals surface area (Å²) in [4.78, 5) is 46.1. The van der Waals surface area contributed by atoms with Gasteiger partial charge in [0.15, 0.2) is 23.0 Å². The van der Waals surface area contributed by atoms with Gasteiger partial charge in [0.1, 0.15) is 22.9 Å². The van der Waals surface area contributed by atoms with Gasteiger partial charge < -0.3 is 33.5 Å². The predicted molar refractivity (Wildman–Crippen MR) is 217 cm³/mol. The highest BCUT2D eigenvalue weighted by Crippen LogP contribution is 2.37. The molecule has 0 bridgehead atoms. The van der Waals surface area contributed by atoms with E-state index < -0.39 is 5.97 Å². The molecule has 0 spiro atoms. The molecule has 2 aromatic heterocycles. The number of hydrogen-bond donors (Lipinski definition) is 1. The lowest BCUT2D eigenvalue weighted by molar-refractivity contribution is -0.136. The van der Waals surface area contributed by atoms with Crippen molar-refractivity contribution in [2.75, 3.05) is 42.7 Å². The Morgan fingerprint density at radius 2 is 0.965 bits per heavy atom. The molecule has 296 valence electrons. The van der Waals surface area contributed by atoms with Gasteiger partial charge >= 0.3 is 5.97 Å². The molecule has 13 heteroatoms. The highest BCUT2D eigenvalue weighted by Gasteiger charge is 2.22. The average Bonchev–Trinajstić information content (AvgIpc) is 3.22. The summed E-state index contributed by atoms with van der Waals surface area (Å²) in [7, 11) is 9.11. The van der Waals surface area contributed by atoms with Crippen LogP contribution < -0.4 is 28.4 Å². The first kappa shape index (κ1) is 44.2. The van der Waals surface area contributed by atoms with Crippen LogP contribution in [-0.4, -0.2) is 75.3 Å². The van der Waals surface area contributed by atoms with Crippen molar-refractivity contribution in [1.82, 2.24) is 9.97 Å². The van der Waals surface area contributed by atoms with Gasteiger partial charge in [0.25, 0.3) is 0 Å². The fourth-order valence-corrected chi connectivity index (χ4v) is 5.94. The largest absolute Gasteiger partial charge is 0.497 e. The van der Waals surface area contributed by atoms with Crippen molar-refractivity contribution in [3.63, 3.8) is 0 Å². The van der Waals surface area contributed by atoms with E-state index in [0.29, 0.717) is 67.3 Å². The Balaban J connectivity index is 0.000000295. The maximum absolute atomic E-state index is 13.1. The van der Waals surface area contributed by atoms with Gasteiger partial charge in [0, 0.05) is 34.3 Å². The van der Waals surface area contributed by atoms with E-state index >= 15 is 0 Å². The van der Waals surface area contributed by atoms with Crippen LogP contribution in [0.2, 0.25) is 0 Å². The Bertz CT molecular complexity index is 2460. The normalized spacial score (nSPS) is 10.1. The van der Waals surface area contributed by atoms with E-state index in [1.165, 1.54) is 41.7 Å². The molecule has 0 fully saturated rings. The third kappa shape index (κ3) is 9.55. The number of carboxylic acids is 1. The average molecular weight is 776 g/mol. The third-order valence-corrected chi connectivity index (χ3v) is 8.65. The minimum atomic E-state index is -0.996. The van der Waals surface area contributed by atoms with Crippen molar-refractivity contribution >= 4 is 39.1 Å². The van der Waals surface area contributed by atoms with Gasteiger partial charge in [-0.25, -0.2) is 0 Å². The number of aromatic nitrogens is 2. The van der Waals surface area contributed by atoms with E-state index in [1.807, 2.05) is 0 Å². The molecule has 0 saturated carbocycles. The van der Waals surface area contributed by atoms with Crippen LogP contribution in [0.3, 0.4) is 0 Å². The van der Waals surface area contributed by atoms with Gasteiger partial charge in [-0.2, -0.15) is 5.26 Å². The second-order valence-corrected chi connectivity index (χ2v) is 11.8. The number of methoxy groups -OCH3 is 6. The molecule has 0 saturated heterocycles. The fourth-order valence-electron chi connectivity index (χ4n) is 5.94. The molecule has 0 aliphatic heterocycles. The number of benzene rings is 4. The van der Waals surface area contributed by atoms with Crippen LogP contribution in [0.15, 0.2) is 85.2 Å². The monoisotopic (exact) mass is 775 g/mol. The summed E-state index contributed by atoms with van der Waals surface area (Å²) in [5, 5.41) is 20.7. The number of hydrogen-bond acceptors (Lipinski definition) is 12. The summed E-state index contributed by atoms with van der Waals surface area (Å²) in [6.45, 7) is 0. The first-order chi connectivity index (χ1) is 26.6. The SMILES string of the molecule is C.C.COc1cccc(C(=O)c2ncc(CC#N)c3cc(OC)c(OC)cc23)c1.COc1cccc(C(=O)c2ncc(CC(=O)O)c3cc(OC)c(OC)cc23)c1. The predicted octanol–water partition coefficient (Wildman–Crippen LogP) is 7.95. The number of ether oxygens (including phenoxy) is 6. The summed E-state index contributed by atoms with van der Waals surface area (Å²) in [5.41, 5.74) is 2.54. The number of pyridine rings is 2. The third-order valence-electron chi connectivity index (χ3n) is 8.65. The minimum absolute atomic E-state index is 0. The van der Waals surface area contributed by atoms with E-state index in [9.17, 15) is 19.5 Å². The molecule has 4 aromatic carbocycles. The van der Waals surface area contributed by atoms with E-state index in [1.54, 1.807) is 86.1 Å². The van der Waals surface area contributed by atoms with E-state index in [2.05, 4.69) is 16.0 Å². The van der Waals surface area contributed by atoms with Crippen molar-refractivity contribution in [3.05, 3.63) is 119 Å². The summed E-state index contributed by atoms with van der Waals surface area (Å²) < 4.78 is 31.8. The summed E-state index contributed by atoms with van der Waals surface area (Å²) in [6.07, 6.45) is 2.92. The minimum Gasteiger partial charge on any atom is -0.497 e. The highest BCUT2D eigenvalue weighted by atomic mass is 16.5. The second kappa shape index (κ2) is 19.9. The number of fused-ring (bicyclic) bond motifs is 2. The summed E-state index contributed by atoms with van der Waals surface area (Å²) in [5.74, 6) is 1.46. The fraction of sp³-hybridized carbons (Fsp3) is 0.227. The molecule has 0 amide bonds. The molecule has 0 radical (unpaired) electrons. The van der Waals surface area contributed by atoms with Gasteiger partial charge in [-0.1, -0.05) is 39.1 Å². The Hall–Kier alpha value is -7.20. The lowest BCUT2D eigenvalue weighted by Crippen LogP contribution is -2.09. The summed E-state index contributed by atoms with van der Waals surface area (Å²) in [6, 6.07) is 22.6. The molecule has 1 N–H and O–H groups in total. The Kier molecular flexibility index (Phi) is 15.5. The van der Waals surface area contributed by atoms with Crippen molar-refractivity contribution < 1.29 is 47.9 Å². The molecule has 0 unspecified atom stereocenters. The van der Waals surface area contributed by atoms with Crippen LogP contribution in [0.1, 0.15) is 58.1 Å². The standard InChI is InChI=1S/C21H18N2O4.C21H19NO6.2CH4/c1-25-15-6-4-5-13(9-15)21(24)20-17-11-19(27-3)18(26-2)10-16(17)14(7-8-22)12-23-20;1-26-14-6-4-5-12(7-14)21(25)20-16-10-18(28-3)17(27-2)9-15(16)13(11-22-20)8-19(23)24;;/h4-6,9-12H,7H2,1-3H3;4-7,9-11H,8H2,1-3H3,(H,23,24);2*1H4. The molecule has 57 heavy (non-hydrogen) atoms. The van der Waals surface area contributed by atoms with Crippen LogP contribution in [0.4, 0.5) is 0 Å². The molecule has 6 rings (SSSR count). The van der Waals surface area contributed by atoms with E-state index in [-0.39, 0.29) is 50.6 Å². The smallest absolute Gasteiger partial charge is 0.307 e. The van der Waals surface area contributed by atoms with Gasteiger partial charge in [0.05, 0.1) is 61.6 Å². The van der Waals surface area contributed by atoms with Gasteiger partial charge in [-0.3, -0.25) is 24.4 Å². The van der Waals surface area contributed by atoms with Gasteiger partial charge in [0.2, 0.25) is 11.6 Å². The molecule has 0 aliphatic rings.